The Morgan fingerprint density at radius 2 is 0.836 bits per heavy atom. The minimum absolute atomic E-state index is 0.0467. The third kappa shape index (κ3) is 6.25. The second-order valence-electron chi connectivity index (χ2n) is 21.1. The molecule has 10 rings (SSSR count). The second kappa shape index (κ2) is 13.1. The summed E-state index contributed by atoms with van der Waals surface area (Å²) in [6.45, 7) is 27.6. The van der Waals surface area contributed by atoms with Gasteiger partial charge in [-0.1, -0.05) is 150 Å². The molecule has 0 spiro atoms. The number of hydrogen-bond donors (Lipinski definition) is 0. The number of aromatic nitrogens is 5. The Hall–Kier alpha value is -6.27. The van der Waals surface area contributed by atoms with Crippen molar-refractivity contribution < 1.29 is 4.42 Å². The van der Waals surface area contributed by atoms with Gasteiger partial charge in [-0.25, -0.2) is 0 Å². The molecule has 0 unspecified atom stereocenters. The van der Waals surface area contributed by atoms with Crippen LogP contribution in [0.25, 0.3) is 88.8 Å². The van der Waals surface area contributed by atoms with Crippen molar-refractivity contribution in [1.82, 2.24) is 24.1 Å². The summed E-state index contributed by atoms with van der Waals surface area (Å²) in [5.74, 6) is 1.75. The molecule has 6 aromatic carbocycles. The molecule has 10 aromatic rings. The molecule has 0 radical (unpaired) electrons. The van der Waals surface area contributed by atoms with E-state index in [1.165, 1.54) is 43.8 Å². The molecule has 6 heteroatoms. The van der Waals surface area contributed by atoms with E-state index < -0.39 is 0 Å². The van der Waals surface area contributed by atoms with Gasteiger partial charge in [0.05, 0.1) is 22.1 Å². The van der Waals surface area contributed by atoms with Crippen LogP contribution >= 0.6 is 0 Å². The lowest BCUT2D eigenvalue weighted by Crippen LogP contribution is -2.19. The van der Waals surface area contributed by atoms with Crippen LogP contribution in [0.15, 0.2) is 120 Å². The zero-order valence-electron chi connectivity index (χ0n) is 37.6. The molecular formula is C55H55N5O. The molecule has 0 saturated carbocycles. The first kappa shape index (κ1) is 38.9. The number of para-hydroxylation sites is 3. The molecule has 0 bridgehead atoms. The third-order valence-corrected chi connectivity index (χ3v) is 12.5. The molecule has 0 amide bonds. The van der Waals surface area contributed by atoms with E-state index in [2.05, 4.69) is 189 Å². The monoisotopic (exact) mass is 801 g/mol. The molecule has 61 heavy (non-hydrogen) atoms. The van der Waals surface area contributed by atoms with Crippen molar-refractivity contribution in [3.05, 3.63) is 138 Å². The van der Waals surface area contributed by atoms with E-state index >= 15 is 0 Å². The third-order valence-electron chi connectivity index (χ3n) is 12.5. The Morgan fingerprint density at radius 1 is 0.393 bits per heavy atom. The summed E-state index contributed by atoms with van der Waals surface area (Å²) in [7, 11) is 0. The van der Waals surface area contributed by atoms with Crippen LogP contribution in [-0.2, 0) is 21.7 Å². The van der Waals surface area contributed by atoms with Crippen molar-refractivity contribution in [1.29, 1.82) is 0 Å². The summed E-state index contributed by atoms with van der Waals surface area (Å²) in [5.41, 5.74) is 11.6. The molecule has 0 aliphatic heterocycles. The van der Waals surface area contributed by atoms with Crippen LogP contribution in [0.3, 0.4) is 0 Å². The number of furan rings is 1. The first-order valence-corrected chi connectivity index (χ1v) is 21.6. The molecule has 0 saturated heterocycles. The highest BCUT2D eigenvalue weighted by Crippen LogP contribution is 2.44. The van der Waals surface area contributed by atoms with E-state index in [4.69, 9.17) is 19.4 Å². The van der Waals surface area contributed by atoms with Crippen LogP contribution in [0.2, 0.25) is 0 Å². The van der Waals surface area contributed by atoms with Crippen LogP contribution in [0.5, 0.6) is 0 Å². The van der Waals surface area contributed by atoms with E-state index in [1.54, 1.807) is 0 Å². The van der Waals surface area contributed by atoms with Gasteiger partial charge in [0, 0.05) is 37.9 Å². The number of fused-ring (bicyclic) bond motifs is 9. The average Bonchev–Trinajstić information content (AvgIpc) is 3.86. The SMILES string of the molecule is CC(C)(C)c1cc(C(C)(C)C)c2c(c1)c1ccccc1n2-c1nc(-c2ccc3oc4ccccc4c3c2)nc(-n2c3ccccc3c3cc(C(C)(C)C)cc(C(C)(C)C)c32)n1. The first-order valence-electron chi connectivity index (χ1n) is 21.6. The Labute approximate surface area is 358 Å². The Bertz CT molecular complexity index is 3230. The van der Waals surface area contributed by atoms with Gasteiger partial charge in [0.2, 0.25) is 11.9 Å². The number of rotatable bonds is 3. The van der Waals surface area contributed by atoms with Crippen LogP contribution < -0.4 is 0 Å². The maximum absolute atomic E-state index is 6.30. The zero-order chi connectivity index (χ0) is 43.0. The van der Waals surface area contributed by atoms with Gasteiger partial charge in [0.1, 0.15) is 11.2 Å². The minimum Gasteiger partial charge on any atom is -0.456 e. The highest BCUT2D eigenvalue weighted by atomic mass is 16.3. The lowest BCUT2D eigenvalue weighted by Gasteiger charge is -2.27. The summed E-state index contributed by atoms with van der Waals surface area (Å²) in [5, 5.41) is 6.83. The van der Waals surface area contributed by atoms with Crippen molar-refractivity contribution >= 4 is 65.6 Å². The fourth-order valence-electron chi connectivity index (χ4n) is 9.17. The fraction of sp³-hybridized carbons (Fsp3) is 0.291. The predicted molar refractivity (Wildman–Crippen MR) is 256 cm³/mol. The summed E-state index contributed by atoms with van der Waals surface area (Å²) in [6.07, 6.45) is 0. The van der Waals surface area contributed by atoms with Crippen molar-refractivity contribution in [3.63, 3.8) is 0 Å². The van der Waals surface area contributed by atoms with Gasteiger partial charge in [0.15, 0.2) is 5.82 Å². The van der Waals surface area contributed by atoms with E-state index in [1.807, 2.05) is 18.2 Å². The van der Waals surface area contributed by atoms with E-state index in [9.17, 15) is 0 Å². The molecular weight excluding hydrogens is 747 g/mol. The molecule has 6 nitrogen and oxygen atoms in total. The van der Waals surface area contributed by atoms with Gasteiger partial charge >= 0.3 is 0 Å². The average molecular weight is 802 g/mol. The van der Waals surface area contributed by atoms with Crippen LogP contribution in [0, 0.1) is 0 Å². The lowest BCUT2D eigenvalue weighted by atomic mass is 9.79. The lowest BCUT2D eigenvalue weighted by molar-refractivity contribution is 0.571. The smallest absolute Gasteiger partial charge is 0.240 e. The number of nitrogens with zero attached hydrogens (tertiary/aromatic N) is 5. The van der Waals surface area contributed by atoms with Gasteiger partial charge in [-0.05, 0) is 92.4 Å². The minimum atomic E-state index is -0.184. The Morgan fingerprint density at radius 3 is 1.31 bits per heavy atom. The Kier molecular flexibility index (Phi) is 8.36. The zero-order valence-corrected chi connectivity index (χ0v) is 37.6. The quantitative estimate of drug-likeness (QED) is 0.178. The predicted octanol–water partition coefficient (Wildman–Crippen LogP) is 14.8. The molecule has 306 valence electrons. The highest BCUT2D eigenvalue weighted by Gasteiger charge is 2.30. The van der Waals surface area contributed by atoms with Gasteiger partial charge in [0.25, 0.3) is 0 Å². The molecule has 0 aliphatic rings. The summed E-state index contributed by atoms with van der Waals surface area (Å²) >= 11 is 0. The molecule has 0 aliphatic carbocycles. The maximum atomic E-state index is 6.30. The maximum Gasteiger partial charge on any atom is 0.240 e. The van der Waals surface area contributed by atoms with Gasteiger partial charge in [-0.3, -0.25) is 9.13 Å². The summed E-state index contributed by atoms with van der Waals surface area (Å²) in [6, 6.07) is 41.5. The Balaban J connectivity index is 1.38. The van der Waals surface area contributed by atoms with E-state index in [0.717, 1.165) is 49.6 Å². The topological polar surface area (TPSA) is 61.7 Å². The molecule has 4 heterocycles. The van der Waals surface area contributed by atoms with Crippen molar-refractivity contribution in [2.45, 2.75) is 105 Å². The van der Waals surface area contributed by atoms with Crippen molar-refractivity contribution in [2.24, 2.45) is 0 Å². The van der Waals surface area contributed by atoms with Crippen LogP contribution in [0.4, 0.5) is 0 Å². The molecule has 4 aromatic heterocycles. The van der Waals surface area contributed by atoms with Crippen LogP contribution in [-0.4, -0.2) is 24.1 Å². The van der Waals surface area contributed by atoms with Gasteiger partial charge in [-0.15, -0.1) is 0 Å². The number of hydrogen-bond acceptors (Lipinski definition) is 4. The number of benzene rings is 6. The molecule has 0 fully saturated rings. The summed E-state index contributed by atoms with van der Waals surface area (Å²) < 4.78 is 10.9. The van der Waals surface area contributed by atoms with E-state index in [0.29, 0.717) is 17.7 Å². The molecule has 0 atom stereocenters. The van der Waals surface area contributed by atoms with E-state index in [-0.39, 0.29) is 21.7 Å². The standard InChI is InChI=1S/C55H55N5O/c1-52(2,3)33-28-39-35-19-13-16-22-43(35)59(47(39)41(30-33)54(7,8)9)50-56-49(32-25-26-46-38(27-32)37-21-15-18-24-45(37)61-46)57-51(58-50)60-44-23-17-14-20-36(44)40-29-34(53(4,5)6)31-42(48(40)60)55(10,11)12/h13-31H,1-12H3. The largest absolute Gasteiger partial charge is 0.456 e. The van der Waals surface area contributed by atoms with Crippen molar-refractivity contribution in [2.75, 3.05) is 0 Å². The first-order chi connectivity index (χ1) is 28.8. The van der Waals surface area contributed by atoms with Crippen LogP contribution in [0.1, 0.15) is 105 Å². The van der Waals surface area contributed by atoms with Gasteiger partial charge in [-0.2, -0.15) is 15.0 Å². The van der Waals surface area contributed by atoms with Gasteiger partial charge < -0.3 is 4.42 Å². The fourth-order valence-corrected chi connectivity index (χ4v) is 9.17. The van der Waals surface area contributed by atoms with Crippen molar-refractivity contribution in [3.8, 4) is 23.3 Å². The highest BCUT2D eigenvalue weighted by molar-refractivity contribution is 6.12. The second-order valence-corrected chi connectivity index (χ2v) is 21.1. The normalized spacial score (nSPS) is 13.2. The molecule has 0 N–H and O–H groups in total. The summed E-state index contributed by atoms with van der Waals surface area (Å²) in [4.78, 5) is 16.6.